The molecule has 1 saturated carbocycles. The third-order valence-electron chi connectivity index (χ3n) is 4.72. The minimum Gasteiger partial charge on any atom is -0.411 e. The molecule has 2 aromatic carbocycles. The van der Waals surface area contributed by atoms with Crippen molar-refractivity contribution in [2.75, 3.05) is 14.1 Å². The first kappa shape index (κ1) is 24.7. The maximum atomic E-state index is 6.48. The number of hydrogen-bond acceptors (Lipinski definition) is 3. The van der Waals surface area contributed by atoms with Gasteiger partial charge in [-0.15, -0.1) is 0 Å². The van der Waals surface area contributed by atoms with Gasteiger partial charge in [0.15, 0.2) is 0 Å². The summed E-state index contributed by atoms with van der Waals surface area (Å²) in [6.07, 6.45) is 5.13. The molecule has 27 heavy (non-hydrogen) atoms. The summed E-state index contributed by atoms with van der Waals surface area (Å²) < 4.78 is 0.509. The number of thiocarbonyl (C=S) groups is 1. The number of rotatable bonds is 3. The van der Waals surface area contributed by atoms with E-state index in [1.807, 2.05) is 14.1 Å². The van der Waals surface area contributed by atoms with Crippen molar-refractivity contribution < 1.29 is 22.4 Å². The van der Waals surface area contributed by atoms with Crippen LogP contribution in [-0.2, 0) is 35.0 Å². The van der Waals surface area contributed by atoms with Crippen LogP contribution in [0.5, 0.6) is 0 Å². The summed E-state index contributed by atoms with van der Waals surface area (Å²) in [6.45, 7) is 0. The maximum absolute atomic E-state index is 6.48. The largest absolute Gasteiger partial charge is 1.00 e. The summed E-state index contributed by atoms with van der Waals surface area (Å²) in [6, 6.07) is 22.4. The Kier molecular flexibility index (Phi) is 11.9. The molecule has 0 aliphatic heterocycles. The van der Waals surface area contributed by atoms with Crippen LogP contribution in [0.3, 0.4) is 0 Å². The van der Waals surface area contributed by atoms with E-state index in [0.717, 1.165) is 0 Å². The van der Waals surface area contributed by atoms with Gasteiger partial charge in [0.05, 0.1) is 24.2 Å². The number of nitrogens with two attached hydrogens (primary N) is 1. The van der Waals surface area contributed by atoms with E-state index in [1.165, 1.54) is 36.3 Å². The van der Waals surface area contributed by atoms with E-state index in [-0.39, 0.29) is 22.4 Å². The average Bonchev–Trinajstić information content (AvgIpc) is 2.66. The zero-order valence-electron chi connectivity index (χ0n) is 15.9. The molecule has 150 valence electrons. The van der Waals surface area contributed by atoms with Crippen molar-refractivity contribution in [1.82, 2.24) is 4.90 Å². The van der Waals surface area contributed by atoms with E-state index >= 15 is 0 Å². The summed E-state index contributed by atoms with van der Waals surface area (Å²) in [5.41, 5.74) is 7.15. The molecule has 3 rings (SSSR count). The first-order valence-electron chi connectivity index (χ1n) is 9.12. The Balaban J connectivity index is 0.000000456. The Morgan fingerprint density at radius 1 is 0.963 bits per heavy atom. The Morgan fingerprint density at radius 2 is 1.37 bits per heavy atom. The molecule has 2 nitrogen and oxygen atoms in total. The van der Waals surface area contributed by atoms with Gasteiger partial charge in [0.25, 0.3) is 0 Å². The molecule has 0 bridgehead atoms. The minimum atomic E-state index is -0.774. The quantitative estimate of drug-likeness (QED) is 0.253. The molecule has 2 atom stereocenters. The fourth-order valence-electron chi connectivity index (χ4n) is 3.35. The van der Waals surface area contributed by atoms with Crippen molar-refractivity contribution in [1.29, 1.82) is 0 Å². The van der Waals surface area contributed by atoms with E-state index in [0.29, 0.717) is 16.0 Å². The van der Waals surface area contributed by atoms with Gasteiger partial charge in [0, 0.05) is 20.1 Å². The first-order chi connectivity index (χ1) is 12.5. The van der Waals surface area contributed by atoms with Gasteiger partial charge in [-0.1, -0.05) is 47.1 Å². The molecule has 0 aromatic heterocycles. The molecular formula is C21H29AuN2PS2+. The van der Waals surface area contributed by atoms with Crippen molar-refractivity contribution in [2.24, 2.45) is 5.73 Å². The van der Waals surface area contributed by atoms with Crippen molar-refractivity contribution in [3.63, 3.8) is 0 Å². The summed E-state index contributed by atoms with van der Waals surface area (Å²) in [4.78, 5) is 1.71. The standard InChI is InChI=1S/C18H22NP.C3H7NS2.Au/c19-17-13-7-8-14-18(17)20(15-9-3-1-4-10-15)16-11-5-2-6-12-16;1-4(2)3(5)6;/h1-6,9-12,17-18H,7-8,13-14,19H2;1-2H3,(H,5,6);/q;;+1/t17-,18-;;/m0../s1. The van der Waals surface area contributed by atoms with E-state index in [4.69, 9.17) is 5.73 Å². The number of benzene rings is 2. The van der Waals surface area contributed by atoms with Crippen molar-refractivity contribution >= 4 is 47.7 Å². The Labute approximate surface area is 192 Å². The Morgan fingerprint density at radius 3 is 1.74 bits per heavy atom. The number of nitrogens with zero attached hydrogens (tertiary/aromatic N) is 1. The van der Waals surface area contributed by atoms with Crippen LogP contribution in [0.15, 0.2) is 60.7 Å². The second kappa shape index (κ2) is 13.0. The average molecular weight is 602 g/mol. The van der Waals surface area contributed by atoms with Crippen LogP contribution in [-0.4, -0.2) is 35.0 Å². The van der Waals surface area contributed by atoms with E-state index in [1.54, 1.807) is 4.90 Å². The van der Waals surface area contributed by atoms with Gasteiger partial charge in [-0.3, -0.25) is 0 Å². The molecule has 0 saturated heterocycles. The van der Waals surface area contributed by atoms with Gasteiger partial charge in [0.1, 0.15) is 0 Å². The second-order valence-corrected chi connectivity index (χ2v) is 10.6. The zero-order valence-corrected chi connectivity index (χ0v) is 20.7. The third-order valence-corrected chi connectivity index (χ3v) is 8.82. The Bertz CT molecular complexity index is 631. The van der Waals surface area contributed by atoms with E-state index in [2.05, 4.69) is 85.5 Å². The van der Waals surface area contributed by atoms with Crippen molar-refractivity contribution in [2.45, 2.75) is 37.4 Å². The van der Waals surface area contributed by atoms with Gasteiger partial charge in [-0.2, -0.15) is 0 Å². The predicted octanol–water partition coefficient (Wildman–Crippen LogP) is 3.50. The summed E-state index contributed by atoms with van der Waals surface area (Å²) in [7, 11) is 2.88. The predicted molar refractivity (Wildman–Crippen MR) is 124 cm³/mol. The summed E-state index contributed by atoms with van der Waals surface area (Å²) in [5, 5.41) is 3.01. The van der Waals surface area contributed by atoms with Gasteiger partial charge in [-0.05, 0) is 43.5 Å². The van der Waals surface area contributed by atoms with Crippen LogP contribution in [0, 0.1) is 0 Å². The molecule has 1 aliphatic rings. The van der Waals surface area contributed by atoms with Crippen LogP contribution in [0.4, 0.5) is 0 Å². The molecule has 0 spiro atoms. The van der Waals surface area contributed by atoms with Crippen LogP contribution in [0.25, 0.3) is 0 Å². The molecule has 2 N–H and O–H groups in total. The maximum Gasteiger partial charge on any atom is 1.00 e. The van der Waals surface area contributed by atoms with Gasteiger partial charge in [0.2, 0.25) is 0 Å². The third kappa shape index (κ3) is 7.91. The second-order valence-electron chi connectivity index (χ2n) is 6.86. The molecule has 0 amide bonds. The fraction of sp³-hybridized carbons (Fsp3) is 0.381. The molecule has 0 unspecified atom stereocenters. The smallest absolute Gasteiger partial charge is 0.411 e. The van der Waals surface area contributed by atoms with Crippen LogP contribution >= 0.6 is 20.1 Å². The van der Waals surface area contributed by atoms with Gasteiger partial charge >= 0.3 is 22.4 Å². The molecule has 0 radical (unpaired) electrons. The normalized spacial score (nSPS) is 18.7. The first-order valence-corrected chi connectivity index (χ1v) is 11.5. The molecular weight excluding hydrogens is 572 g/mol. The van der Waals surface area contributed by atoms with E-state index < -0.39 is 7.92 Å². The van der Waals surface area contributed by atoms with Crippen LogP contribution < -0.4 is 16.3 Å². The van der Waals surface area contributed by atoms with Crippen molar-refractivity contribution in [3.05, 3.63) is 60.7 Å². The summed E-state index contributed by atoms with van der Waals surface area (Å²) >= 11 is 9.12. The van der Waals surface area contributed by atoms with Gasteiger partial charge in [-0.25, -0.2) is 0 Å². The molecule has 6 heteroatoms. The minimum absolute atomic E-state index is 0. The van der Waals surface area contributed by atoms with E-state index in [9.17, 15) is 0 Å². The van der Waals surface area contributed by atoms with Gasteiger partial charge < -0.3 is 35.5 Å². The van der Waals surface area contributed by atoms with Crippen molar-refractivity contribution in [3.8, 4) is 0 Å². The molecule has 1 aliphatic carbocycles. The molecule has 0 heterocycles. The monoisotopic (exact) mass is 601 g/mol. The SMILES string of the molecule is CN(C)C(=S)[S-].N[C@H]1CCCC[C@@H]1[PH+](c1ccccc1)c1ccccc1.[Au+]. The van der Waals surface area contributed by atoms with Crippen LogP contribution in [0.1, 0.15) is 25.7 Å². The number of hydrogen-bond donors (Lipinski definition) is 1. The molecule has 2 aromatic rings. The topological polar surface area (TPSA) is 29.3 Å². The zero-order chi connectivity index (χ0) is 18.9. The fourth-order valence-corrected chi connectivity index (χ4v) is 6.73. The Hall–Kier alpha value is -0.320. The van der Waals surface area contributed by atoms with Crippen LogP contribution in [0.2, 0.25) is 0 Å². The molecule has 1 fully saturated rings. The summed E-state index contributed by atoms with van der Waals surface area (Å²) in [5.74, 6) is 0.